The molecule has 154 valence electrons. The van der Waals surface area contributed by atoms with Crippen LogP contribution in [-0.4, -0.2) is 69.8 Å². The van der Waals surface area contributed by atoms with Crippen LogP contribution in [0.3, 0.4) is 0 Å². The molecule has 9 heteroatoms. The number of aromatic nitrogens is 2. The van der Waals surface area contributed by atoms with E-state index in [0.29, 0.717) is 31.2 Å². The number of aryl methyl sites for hydroxylation is 2. The maximum absolute atomic E-state index is 13.2. The van der Waals surface area contributed by atoms with E-state index in [4.69, 9.17) is 9.15 Å². The zero-order valence-electron chi connectivity index (χ0n) is 17.0. The van der Waals surface area contributed by atoms with Crippen molar-refractivity contribution in [2.45, 2.75) is 33.7 Å². The first-order valence-electron chi connectivity index (χ1n) is 9.49. The monoisotopic (exact) mass is 400 g/mol. The second kappa shape index (κ2) is 8.42. The van der Waals surface area contributed by atoms with Gasteiger partial charge in [-0.3, -0.25) is 9.59 Å². The van der Waals surface area contributed by atoms with E-state index in [9.17, 15) is 14.4 Å². The van der Waals surface area contributed by atoms with E-state index in [0.717, 1.165) is 0 Å². The van der Waals surface area contributed by atoms with E-state index in [-0.39, 0.29) is 41.5 Å². The molecule has 1 atom stereocenters. The summed E-state index contributed by atoms with van der Waals surface area (Å²) in [6.45, 7) is 8.05. The SMILES string of the molecule is CCOC(=O)c1c(C)nc(C)nc1C(=O)N1CCN(C(=O)c2ccco2)C(C)C1. The minimum absolute atomic E-state index is 0.0338. The molecule has 0 radical (unpaired) electrons. The van der Waals surface area contributed by atoms with Gasteiger partial charge in [-0.2, -0.15) is 0 Å². The van der Waals surface area contributed by atoms with Crippen LogP contribution in [0.15, 0.2) is 22.8 Å². The number of ether oxygens (including phenoxy) is 1. The number of amides is 2. The normalized spacial score (nSPS) is 16.6. The molecule has 2 aromatic rings. The molecule has 3 heterocycles. The van der Waals surface area contributed by atoms with Gasteiger partial charge in [0.25, 0.3) is 11.8 Å². The topological polar surface area (TPSA) is 106 Å². The Hall–Kier alpha value is -3.23. The standard InChI is InChI=1S/C20H24N4O5/c1-5-28-20(27)16-13(3)21-14(4)22-17(16)19(26)23-8-9-24(12(2)11-23)18(25)15-7-6-10-29-15/h6-7,10,12H,5,8-9,11H2,1-4H3. The number of furan rings is 1. The van der Waals surface area contributed by atoms with Crippen LogP contribution in [0.25, 0.3) is 0 Å². The first-order chi connectivity index (χ1) is 13.8. The first kappa shape index (κ1) is 20.5. The Kier molecular flexibility index (Phi) is 5.95. The third kappa shape index (κ3) is 4.13. The summed E-state index contributed by atoms with van der Waals surface area (Å²) in [5.74, 6) is -0.538. The first-order valence-corrected chi connectivity index (χ1v) is 9.49. The summed E-state index contributed by atoms with van der Waals surface area (Å²) < 4.78 is 10.3. The summed E-state index contributed by atoms with van der Waals surface area (Å²) in [5.41, 5.74) is 0.523. The number of rotatable bonds is 4. The van der Waals surface area contributed by atoms with Gasteiger partial charge in [-0.05, 0) is 39.8 Å². The van der Waals surface area contributed by atoms with Crippen LogP contribution in [0, 0.1) is 13.8 Å². The predicted molar refractivity (Wildman–Crippen MR) is 103 cm³/mol. The molecule has 1 aliphatic heterocycles. The van der Waals surface area contributed by atoms with Crippen molar-refractivity contribution >= 4 is 17.8 Å². The van der Waals surface area contributed by atoms with Crippen LogP contribution in [0.4, 0.5) is 0 Å². The van der Waals surface area contributed by atoms with Gasteiger partial charge in [0, 0.05) is 25.7 Å². The lowest BCUT2D eigenvalue weighted by molar-refractivity contribution is 0.0388. The number of hydrogen-bond acceptors (Lipinski definition) is 7. The lowest BCUT2D eigenvalue weighted by Gasteiger charge is -2.39. The highest BCUT2D eigenvalue weighted by Crippen LogP contribution is 2.19. The fraction of sp³-hybridized carbons (Fsp3) is 0.450. The van der Waals surface area contributed by atoms with E-state index >= 15 is 0 Å². The summed E-state index contributed by atoms with van der Waals surface area (Å²) in [6, 6.07) is 3.05. The highest BCUT2D eigenvalue weighted by Gasteiger charge is 2.34. The number of carbonyl (C=O) groups is 3. The summed E-state index contributed by atoms with van der Waals surface area (Å²) in [5, 5.41) is 0. The average Bonchev–Trinajstić information content (AvgIpc) is 3.21. The van der Waals surface area contributed by atoms with E-state index in [1.807, 2.05) is 6.92 Å². The zero-order chi connectivity index (χ0) is 21.1. The average molecular weight is 400 g/mol. The smallest absolute Gasteiger partial charge is 0.342 e. The molecule has 0 N–H and O–H groups in total. The molecule has 2 amide bonds. The molecule has 9 nitrogen and oxygen atoms in total. The molecule has 1 unspecified atom stereocenters. The Bertz CT molecular complexity index is 925. The van der Waals surface area contributed by atoms with Gasteiger partial charge in [0.05, 0.1) is 18.6 Å². The van der Waals surface area contributed by atoms with Crippen molar-refractivity contribution in [3.63, 3.8) is 0 Å². The van der Waals surface area contributed by atoms with Gasteiger partial charge in [-0.25, -0.2) is 14.8 Å². The second-order valence-electron chi connectivity index (χ2n) is 6.88. The highest BCUT2D eigenvalue weighted by molar-refractivity contribution is 6.04. The van der Waals surface area contributed by atoms with Gasteiger partial charge in [0.2, 0.25) is 0 Å². The summed E-state index contributed by atoms with van der Waals surface area (Å²) in [4.78, 5) is 49.8. The Morgan fingerprint density at radius 2 is 1.97 bits per heavy atom. The maximum Gasteiger partial charge on any atom is 0.342 e. The van der Waals surface area contributed by atoms with Crippen LogP contribution in [0.2, 0.25) is 0 Å². The molecule has 1 fully saturated rings. The second-order valence-corrected chi connectivity index (χ2v) is 6.88. The van der Waals surface area contributed by atoms with Gasteiger partial charge in [-0.15, -0.1) is 0 Å². The van der Waals surface area contributed by atoms with Crippen LogP contribution in [0.5, 0.6) is 0 Å². The number of hydrogen-bond donors (Lipinski definition) is 0. The summed E-state index contributed by atoms with van der Waals surface area (Å²) >= 11 is 0. The van der Waals surface area contributed by atoms with E-state index in [1.165, 1.54) is 6.26 Å². The van der Waals surface area contributed by atoms with E-state index < -0.39 is 5.97 Å². The van der Waals surface area contributed by atoms with Gasteiger partial charge in [-0.1, -0.05) is 0 Å². The maximum atomic E-state index is 13.2. The van der Waals surface area contributed by atoms with Crippen molar-refractivity contribution in [3.05, 3.63) is 46.9 Å². The largest absolute Gasteiger partial charge is 0.462 e. The van der Waals surface area contributed by atoms with Crippen molar-refractivity contribution in [1.29, 1.82) is 0 Å². The fourth-order valence-corrected chi connectivity index (χ4v) is 3.45. The number of carbonyl (C=O) groups excluding carboxylic acids is 3. The fourth-order valence-electron chi connectivity index (χ4n) is 3.45. The minimum Gasteiger partial charge on any atom is -0.462 e. The molecular weight excluding hydrogens is 376 g/mol. The molecule has 3 rings (SSSR count). The van der Waals surface area contributed by atoms with Crippen molar-refractivity contribution in [3.8, 4) is 0 Å². The molecular formula is C20H24N4O5. The molecule has 1 aliphatic rings. The lowest BCUT2D eigenvalue weighted by atomic mass is 10.1. The van der Waals surface area contributed by atoms with Gasteiger partial charge >= 0.3 is 5.97 Å². The van der Waals surface area contributed by atoms with Crippen molar-refractivity contribution in [1.82, 2.24) is 19.8 Å². The molecule has 0 saturated carbocycles. The Morgan fingerprint density at radius 3 is 2.59 bits per heavy atom. The third-order valence-corrected chi connectivity index (χ3v) is 4.79. The zero-order valence-corrected chi connectivity index (χ0v) is 17.0. The quantitative estimate of drug-likeness (QED) is 0.721. The summed E-state index contributed by atoms with van der Waals surface area (Å²) in [7, 11) is 0. The van der Waals surface area contributed by atoms with Crippen LogP contribution in [-0.2, 0) is 4.74 Å². The van der Waals surface area contributed by atoms with Gasteiger partial charge in [0.1, 0.15) is 17.1 Å². The van der Waals surface area contributed by atoms with Crippen LogP contribution < -0.4 is 0 Å². The number of piperazine rings is 1. The van der Waals surface area contributed by atoms with E-state index in [1.54, 1.807) is 42.7 Å². The predicted octanol–water partition coefficient (Wildman–Crippen LogP) is 1.85. The molecule has 0 bridgehead atoms. The number of nitrogens with zero attached hydrogens (tertiary/aromatic N) is 4. The molecule has 0 aliphatic carbocycles. The van der Waals surface area contributed by atoms with Crippen molar-refractivity contribution in [2.24, 2.45) is 0 Å². The Morgan fingerprint density at radius 1 is 1.21 bits per heavy atom. The summed E-state index contributed by atoms with van der Waals surface area (Å²) in [6.07, 6.45) is 1.45. The number of esters is 1. The van der Waals surface area contributed by atoms with E-state index in [2.05, 4.69) is 9.97 Å². The lowest BCUT2D eigenvalue weighted by Crippen LogP contribution is -2.55. The van der Waals surface area contributed by atoms with Gasteiger partial charge in [0.15, 0.2) is 5.76 Å². The Balaban J connectivity index is 1.82. The molecule has 0 aromatic carbocycles. The van der Waals surface area contributed by atoms with Gasteiger partial charge < -0.3 is 19.0 Å². The molecule has 1 saturated heterocycles. The molecule has 2 aromatic heterocycles. The third-order valence-electron chi connectivity index (χ3n) is 4.79. The van der Waals surface area contributed by atoms with Crippen molar-refractivity contribution in [2.75, 3.05) is 26.2 Å². The molecule has 29 heavy (non-hydrogen) atoms. The van der Waals surface area contributed by atoms with Crippen LogP contribution in [0.1, 0.15) is 56.8 Å². The minimum atomic E-state index is -0.618. The highest BCUT2D eigenvalue weighted by atomic mass is 16.5. The molecule has 0 spiro atoms. The Labute approximate surface area is 168 Å². The van der Waals surface area contributed by atoms with Crippen molar-refractivity contribution < 1.29 is 23.5 Å². The van der Waals surface area contributed by atoms with Crippen LogP contribution >= 0.6 is 0 Å².